The van der Waals surface area contributed by atoms with E-state index in [0.717, 1.165) is 33.4 Å². The normalized spacial score (nSPS) is 16.0. The minimum atomic E-state index is -0.290. The third kappa shape index (κ3) is 4.03. The molecular weight excluding hydrogens is 326 g/mol. The number of carbonyl (C=O) groups is 2. The zero-order chi connectivity index (χ0) is 17.9. The van der Waals surface area contributed by atoms with E-state index in [0.29, 0.717) is 10.9 Å². The van der Waals surface area contributed by atoms with Gasteiger partial charge in [-0.15, -0.1) is 5.10 Å². The van der Waals surface area contributed by atoms with E-state index < -0.39 is 0 Å². The number of hydrogen-bond donors (Lipinski definition) is 1. The second-order valence-corrected chi connectivity index (χ2v) is 6.62. The lowest BCUT2D eigenvalue weighted by atomic mass is 9.89. The van der Waals surface area contributed by atoms with Gasteiger partial charge in [0.1, 0.15) is 6.61 Å². The fourth-order valence-corrected chi connectivity index (χ4v) is 3.15. The Morgan fingerprint density at radius 1 is 1.21 bits per heavy atom. The molecule has 0 radical (unpaired) electrons. The summed E-state index contributed by atoms with van der Waals surface area (Å²) in [6.45, 7) is 9.73. The van der Waals surface area contributed by atoms with Gasteiger partial charge in [-0.2, -0.15) is 5.10 Å². The zero-order valence-electron chi connectivity index (χ0n) is 14.5. The van der Waals surface area contributed by atoms with Crippen LogP contribution in [-0.4, -0.2) is 29.0 Å². The van der Waals surface area contributed by atoms with Gasteiger partial charge in [-0.05, 0) is 55.5 Å². The summed E-state index contributed by atoms with van der Waals surface area (Å²) in [5.41, 5.74) is 6.34. The van der Waals surface area contributed by atoms with Crippen molar-refractivity contribution in [3.63, 3.8) is 0 Å². The fourth-order valence-electron chi connectivity index (χ4n) is 2.52. The van der Waals surface area contributed by atoms with Gasteiger partial charge < -0.3 is 10.1 Å². The smallest absolute Gasteiger partial charge is 0.302 e. The third-order valence-electron chi connectivity index (χ3n) is 4.18. The van der Waals surface area contributed by atoms with Crippen LogP contribution in [0.2, 0.25) is 0 Å². The lowest BCUT2D eigenvalue weighted by Crippen LogP contribution is -2.19. The Labute approximate surface area is 145 Å². The molecule has 1 N–H and O–H groups in total. The number of nitrogens with one attached hydrogen (secondary N) is 1. The molecule has 1 aromatic carbocycles. The molecule has 1 heterocycles. The minimum absolute atomic E-state index is 0.0529. The van der Waals surface area contributed by atoms with Crippen LogP contribution in [0.1, 0.15) is 40.3 Å². The Morgan fingerprint density at radius 3 is 2.33 bits per heavy atom. The first-order valence-electron chi connectivity index (χ1n) is 7.57. The second-order valence-electron chi connectivity index (χ2n) is 5.66. The van der Waals surface area contributed by atoms with Crippen LogP contribution in [0.15, 0.2) is 10.2 Å². The summed E-state index contributed by atoms with van der Waals surface area (Å²) in [5, 5.41) is 11.3. The predicted octanol–water partition coefficient (Wildman–Crippen LogP) is 2.54. The lowest BCUT2D eigenvalue weighted by molar-refractivity contribution is -0.142. The van der Waals surface area contributed by atoms with Gasteiger partial charge in [0.05, 0.1) is 12.0 Å². The van der Waals surface area contributed by atoms with E-state index in [9.17, 15) is 9.59 Å². The molecule has 1 aliphatic heterocycles. The molecule has 0 saturated carbocycles. The van der Waals surface area contributed by atoms with E-state index >= 15 is 0 Å². The van der Waals surface area contributed by atoms with Crippen LogP contribution in [0.3, 0.4) is 0 Å². The van der Waals surface area contributed by atoms with Crippen molar-refractivity contribution in [3.05, 3.63) is 33.4 Å². The van der Waals surface area contributed by atoms with Crippen molar-refractivity contribution in [1.82, 2.24) is 5.32 Å². The van der Waals surface area contributed by atoms with E-state index in [1.807, 2.05) is 27.7 Å². The average Bonchev–Trinajstić information content (AvgIpc) is 2.94. The quantitative estimate of drug-likeness (QED) is 0.516. The van der Waals surface area contributed by atoms with Gasteiger partial charge in [0.2, 0.25) is 5.91 Å². The zero-order valence-corrected chi connectivity index (χ0v) is 15.3. The van der Waals surface area contributed by atoms with Crippen molar-refractivity contribution in [3.8, 4) is 0 Å². The van der Waals surface area contributed by atoms with Crippen molar-refractivity contribution >= 4 is 35.0 Å². The molecule has 1 aromatic rings. The Bertz CT molecular complexity index is 725. The van der Waals surface area contributed by atoms with Gasteiger partial charge in [0.25, 0.3) is 0 Å². The Morgan fingerprint density at radius 2 is 1.83 bits per heavy atom. The van der Waals surface area contributed by atoms with E-state index in [2.05, 4.69) is 15.5 Å². The maximum absolute atomic E-state index is 11.1. The molecule has 1 amide bonds. The highest BCUT2D eigenvalue weighted by Gasteiger charge is 2.17. The number of ether oxygens (including phenoxy) is 1. The van der Waals surface area contributed by atoms with E-state index in [-0.39, 0.29) is 18.5 Å². The molecular formula is C17H21N3O3S. The van der Waals surface area contributed by atoms with Gasteiger partial charge in [0, 0.05) is 12.5 Å². The number of rotatable bonds is 4. The first kappa shape index (κ1) is 18.2. The van der Waals surface area contributed by atoms with Gasteiger partial charge in [-0.1, -0.05) is 11.8 Å². The highest BCUT2D eigenvalue weighted by atomic mass is 32.2. The van der Waals surface area contributed by atoms with Gasteiger partial charge >= 0.3 is 5.97 Å². The molecule has 0 atom stereocenters. The van der Waals surface area contributed by atoms with Gasteiger partial charge in [0.15, 0.2) is 5.17 Å². The molecule has 128 valence electrons. The van der Waals surface area contributed by atoms with Crippen LogP contribution < -0.4 is 5.32 Å². The summed E-state index contributed by atoms with van der Waals surface area (Å²) >= 11 is 1.34. The molecule has 7 heteroatoms. The number of hydrogen-bond acceptors (Lipinski definition) is 6. The van der Waals surface area contributed by atoms with Crippen LogP contribution in [0.5, 0.6) is 0 Å². The summed E-state index contributed by atoms with van der Waals surface area (Å²) < 4.78 is 5.16. The summed E-state index contributed by atoms with van der Waals surface area (Å²) in [5.74, 6) is 0.0413. The molecule has 0 spiro atoms. The first-order valence-corrected chi connectivity index (χ1v) is 8.56. The van der Waals surface area contributed by atoms with Crippen LogP contribution in [-0.2, 0) is 20.9 Å². The van der Waals surface area contributed by atoms with Crippen LogP contribution in [0, 0.1) is 27.7 Å². The molecule has 1 aliphatic rings. The minimum Gasteiger partial charge on any atom is -0.461 e. The number of amidine groups is 1. The maximum atomic E-state index is 11.1. The Balaban J connectivity index is 2.31. The van der Waals surface area contributed by atoms with Crippen molar-refractivity contribution < 1.29 is 14.3 Å². The Kier molecular flexibility index (Phi) is 5.77. The molecule has 24 heavy (non-hydrogen) atoms. The number of esters is 1. The third-order valence-corrected chi connectivity index (χ3v) is 5.04. The number of carbonyl (C=O) groups excluding carboxylic acids is 2. The second kappa shape index (κ2) is 7.61. The fraction of sp³-hybridized carbons (Fsp3) is 0.412. The number of nitrogens with zero attached hydrogens (tertiary/aromatic N) is 2. The SMILES string of the molecule is CC(=O)OCc1c(C)c(C)c(C=NN=C2NC(=O)CS2)c(C)c1C. The van der Waals surface area contributed by atoms with Gasteiger partial charge in [-0.25, -0.2) is 0 Å². The molecule has 1 saturated heterocycles. The predicted molar refractivity (Wildman–Crippen MR) is 96.5 cm³/mol. The van der Waals surface area contributed by atoms with Crippen molar-refractivity contribution in [1.29, 1.82) is 0 Å². The van der Waals surface area contributed by atoms with Crippen molar-refractivity contribution in [2.24, 2.45) is 10.2 Å². The van der Waals surface area contributed by atoms with E-state index in [1.165, 1.54) is 18.7 Å². The largest absolute Gasteiger partial charge is 0.461 e. The highest BCUT2D eigenvalue weighted by Crippen LogP contribution is 2.26. The standard InChI is InChI=1S/C17H21N3O3S/c1-9-11(3)15(7-23-13(5)21)12(4)10(2)14(9)6-18-20-17-19-16(22)8-24-17/h6H,7-8H2,1-5H3,(H,19,20,22). The molecule has 0 bridgehead atoms. The van der Waals surface area contributed by atoms with Crippen molar-refractivity contribution in [2.45, 2.75) is 41.2 Å². The summed E-state index contributed by atoms with van der Waals surface area (Å²) in [6.07, 6.45) is 1.71. The monoisotopic (exact) mass is 347 g/mol. The van der Waals surface area contributed by atoms with Crippen LogP contribution in [0.25, 0.3) is 0 Å². The molecule has 6 nitrogen and oxygen atoms in total. The summed E-state index contributed by atoms with van der Waals surface area (Å²) in [4.78, 5) is 22.2. The highest BCUT2D eigenvalue weighted by molar-refractivity contribution is 8.15. The summed E-state index contributed by atoms with van der Waals surface area (Å²) in [7, 11) is 0. The van der Waals surface area contributed by atoms with Gasteiger partial charge in [-0.3, -0.25) is 9.59 Å². The topological polar surface area (TPSA) is 80.1 Å². The molecule has 1 fully saturated rings. The number of thioether (sulfide) groups is 1. The first-order chi connectivity index (χ1) is 11.3. The maximum Gasteiger partial charge on any atom is 0.302 e. The average molecular weight is 347 g/mol. The number of benzene rings is 1. The number of amides is 1. The Hall–Kier alpha value is -2.15. The van der Waals surface area contributed by atoms with Crippen LogP contribution >= 0.6 is 11.8 Å². The van der Waals surface area contributed by atoms with E-state index in [4.69, 9.17) is 4.74 Å². The van der Waals surface area contributed by atoms with E-state index in [1.54, 1.807) is 6.21 Å². The van der Waals surface area contributed by atoms with Crippen LogP contribution in [0.4, 0.5) is 0 Å². The van der Waals surface area contributed by atoms with Crippen molar-refractivity contribution in [2.75, 3.05) is 5.75 Å². The molecule has 0 aromatic heterocycles. The molecule has 0 aliphatic carbocycles. The molecule has 2 rings (SSSR count). The molecule has 0 unspecified atom stereocenters. The summed E-state index contributed by atoms with van der Waals surface area (Å²) in [6, 6.07) is 0. The lowest BCUT2D eigenvalue weighted by Gasteiger charge is -2.18.